The molecule has 2 aliphatic heterocycles. The highest BCUT2D eigenvalue weighted by atomic mass is 16.5. The molecule has 1 aromatic heterocycles. The average Bonchev–Trinajstić information content (AvgIpc) is 3.02. The molecule has 2 N–H and O–H groups in total. The molecule has 172 valence electrons. The lowest BCUT2D eigenvalue weighted by atomic mass is 9.67. The molecule has 5 rings (SSSR count). The maximum absolute atomic E-state index is 13.2. The van der Waals surface area contributed by atoms with Crippen molar-refractivity contribution in [1.82, 2.24) is 24.7 Å². The molecule has 2 aromatic rings. The SMILES string of the molecule is COC1(CN2CCNCC2)CC(c2cccc3c2n(C)c(=O)n3C2CCC(=O)NC2=O)C1. The lowest BCUT2D eigenvalue weighted by Gasteiger charge is -2.49. The van der Waals surface area contributed by atoms with Gasteiger partial charge in [0.05, 0.1) is 16.6 Å². The Morgan fingerprint density at radius 2 is 1.91 bits per heavy atom. The summed E-state index contributed by atoms with van der Waals surface area (Å²) in [6, 6.07) is 5.28. The van der Waals surface area contributed by atoms with Gasteiger partial charge in [-0.2, -0.15) is 0 Å². The van der Waals surface area contributed by atoms with Crippen LogP contribution in [0.15, 0.2) is 23.0 Å². The molecule has 3 fully saturated rings. The smallest absolute Gasteiger partial charge is 0.329 e. The van der Waals surface area contributed by atoms with Crippen molar-refractivity contribution >= 4 is 22.8 Å². The maximum Gasteiger partial charge on any atom is 0.329 e. The van der Waals surface area contributed by atoms with Gasteiger partial charge in [0.25, 0.3) is 0 Å². The number of piperidine rings is 1. The Hall–Kier alpha value is -2.49. The van der Waals surface area contributed by atoms with Gasteiger partial charge in [-0.3, -0.25) is 28.9 Å². The second-order valence-corrected chi connectivity index (χ2v) is 9.41. The molecule has 0 radical (unpaired) electrons. The molecule has 1 unspecified atom stereocenters. The van der Waals surface area contributed by atoms with Crippen LogP contribution in [0.3, 0.4) is 0 Å². The van der Waals surface area contributed by atoms with E-state index >= 15 is 0 Å². The second kappa shape index (κ2) is 8.13. The number of hydrogen-bond acceptors (Lipinski definition) is 6. The van der Waals surface area contributed by atoms with Gasteiger partial charge in [0.2, 0.25) is 11.8 Å². The van der Waals surface area contributed by atoms with E-state index < -0.39 is 11.9 Å². The van der Waals surface area contributed by atoms with E-state index in [1.807, 2.05) is 12.1 Å². The molecule has 1 aliphatic carbocycles. The molecule has 1 atom stereocenters. The van der Waals surface area contributed by atoms with Crippen molar-refractivity contribution in [2.24, 2.45) is 7.05 Å². The Morgan fingerprint density at radius 3 is 2.59 bits per heavy atom. The number of carbonyl (C=O) groups excluding carboxylic acids is 2. The van der Waals surface area contributed by atoms with Crippen LogP contribution in [0, 0.1) is 0 Å². The van der Waals surface area contributed by atoms with Crippen molar-refractivity contribution in [2.75, 3.05) is 39.8 Å². The standard InChI is InChI=1S/C23H31N5O4/c1-26-20-16(15-12-23(13-15,32-2)14-27-10-8-24-9-11-27)4-3-5-17(20)28(22(26)31)18-6-7-19(29)25-21(18)30/h3-5,15,18,24H,6-14H2,1-2H3,(H,25,29,30). The van der Waals surface area contributed by atoms with Crippen molar-refractivity contribution in [2.45, 2.75) is 43.2 Å². The largest absolute Gasteiger partial charge is 0.377 e. The first-order chi connectivity index (χ1) is 15.4. The van der Waals surface area contributed by atoms with Gasteiger partial charge < -0.3 is 10.1 Å². The predicted molar refractivity (Wildman–Crippen MR) is 120 cm³/mol. The zero-order chi connectivity index (χ0) is 22.5. The highest BCUT2D eigenvalue weighted by molar-refractivity contribution is 6.00. The summed E-state index contributed by atoms with van der Waals surface area (Å²) in [6.45, 7) is 5.02. The molecule has 32 heavy (non-hydrogen) atoms. The zero-order valence-electron chi connectivity index (χ0n) is 18.7. The Labute approximate surface area is 186 Å². The van der Waals surface area contributed by atoms with Crippen molar-refractivity contribution < 1.29 is 14.3 Å². The number of fused-ring (bicyclic) bond motifs is 1. The fourth-order valence-electron chi connectivity index (χ4n) is 5.72. The molecule has 9 nitrogen and oxygen atoms in total. The summed E-state index contributed by atoms with van der Waals surface area (Å²) < 4.78 is 9.21. The predicted octanol–water partition coefficient (Wildman–Crippen LogP) is 0.486. The Morgan fingerprint density at radius 1 is 1.16 bits per heavy atom. The number of nitrogens with one attached hydrogen (secondary N) is 2. The first-order valence-corrected chi connectivity index (χ1v) is 11.4. The minimum absolute atomic E-state index is 0.158. The van der Waals surface area contributed by atoms with Crippen LogP contribution in [0.5, 0.6) is 0 Å². The number of imidazole rings is 1. The quantitative estimate of drug-likeness (QED) is 0.656. The summed E-state index contributed by atoms with van der Waals surface area (Å²) in [4.78, 5) is 39.7. The van der Waals surface area contributed by atoms with Crippen LogP contribution in [-0.4, -0.2) is 71.3 Å². The highest BCUT2D eigenvalue weighted by Crippen LogP contribution is 2.49. The third kappa shape index (κ3) is 3.48. The fourth-order valence-corrected chi connectivity index (χ4v) is 5.72. The van der Waals surface area contributed by atoms with Crippen molar-refractivity contribution in [1.29, 1.82) is 0 Å². The van der Waals surface area contributed by atoms with Crippen LogP contribution in [0.4, 0.5) is 0 Å². The second-order valence-electron chi connectivity index (χ2n) is 9.41. The zero-order valence-corrected chi connectivity index (χ0v) is 18.7. The van der Waals surface area contributed by atoms with Gasteiger partial charge in [-0.25, -0.2) is 4.79 Å². The van der Waals surface area contributed by atoms with Gasteiger partial charge in [-0.1, -0.05) is 12.1 Å². The summed E-state index contributed by atoms with van der Waals surface area (Å²) in [7, 11) is 3.56. The monoisotopic (exact) mass is 441 g/mol. The lowest BCUT2D eigenvalue weighted by molar-refractivity contribution is -0.135. The number of piperazine rings is 1. The Kier molecular flexibility index (Phi) is 5.43. The number of benzene rings is 1. The van der Waals surface area contributed by atoms with E-state index in [4.69, 9.17) is 4.74 Å². The number of methoxy groups -OCH3 is 1. The minimum Gasteiger partial charge on any atom is -0.377 e. The van der Waals surface area contributed by atoms with Crippen LogP contribution < -0.4 is 16.3 Å². The number of aryl methyl sites for hydroxylation is 1. The Bertz CT molecular complexity index is 1110. The number of para-hydroxylation sites is 1. The van der Waals surface area contributed by atoms with E-state index in [1.54, 1.807) is 23.3 Å². The molecule has 2 amide bonds. The van der Waals surface area contributed by atoms with E-state index in [-0.39, 0.29) is 23.6 Å². The average molecular weight is 442 g/mol. The van der Waals surface area contributed by atoms with Gasteiger partial charge in [-0.05, 0) is 36.8 Å². The van der Waals surface area contributed by atoms with Crippen LogP contribution >= 0.6 is 0 Å². The Balaban J connectivity index is 1.44. The van der Waals surface area contributed by atoms with E-state index in [2.05, 4.69) is 21.6 Å². The van der Waals surface area contributed by atoms with E-state index in [9.17, 15) is 14.4 Å². The number of rotatable bonds is 5. The van der Waals surface area contributed by atoms with Crippen LogP contribution in [0.2, 0.25) is 0 Å². The molecule has 1 saturated carbocycles. The molecule has 3 aliphatic rings. The number of amides is 2. The number of imide groups is 1. The van der Waals surface area contributed by atoms with Gasteiger partial charge in [0.1, 0.15) is 6.04 Å². The third-order valence-corrected chi connectivity index (χ3v) is 7.49. The van der Waals surface area contributed by atoms with Crippen LogP contribution in [0.1, 0.15) is 43.2 Å². The number of hydrogen-bond donors (Lipinski definition) is 2. The van der Waals surface area contributed by atoms with Gasteiger partial charge in [-0.15, -0.1) is 0 Å². The van der Waals surface area contributed by atoms with E-state index in [0.29, 0.717) is 12.3 Å². The maximum atomic E-state index is 13.2. The summed E-state index contributed by atoms with van der Waals surface area (Å²) >= 11 is 0. The van der Waals surface area contributed by atoms with E-state index in [1.165, 1.54) is 0 Å². The van der Waals surface area contributed by atoms with Gasteiger partial charge in [0.15, 0.2) is 0 Å². The lowest BCUT2D eigenvalue weighted by Crippen LogP contribution is -2.56. The number of aromatic nitrogens is 2. The summed E-state index contributed by atoms with van der Waals surface area (Å²) in [5.41, 5.74) is 2.37. The highest BCUT2D eigenvalue weighted by Gasteiger charge is 2.47. The van der Waals surface area contributed by atoms with Crippen LogP contribution in [0.25, 0.3) is 11.0 Å². The normalized spacial score (nSPS) is 29.2. The number of carbonyl (C=O) groups is 2. The fraction of sp³-hybridized carbons (Fsp3) is 0.609. The van der Waals surface area contributed by atoms with Crippen molar-refractivity contribution in [3.63, 3.8) is 0 Å². The molecule has 0 spiro atoms. The van der Waals surface area contributed by atoms with E-state index in [0.717, 1.165) is 62.2 Å². The number of nitrogens with zero attached hydrogens (tertiary/aromatic N) is 3. The van der Waals surface area contributed by atoms with Crippen molar-refractivity contribution in [3.05, 3.63) is 34.2 Å². The molecule has 9 heteroatoms. The molecule has 2 saturated heterocycles. The van der Waals surface area contributed by atoms with Crippen LogP contribution in [-0.2, 0) is 21.4 Å². The van der Waals surface area contributed by atoms with Gasteiger partial charge in [0, 0.05) is 53.3 Å². The number of ether oxygens (including phenoxy) is 1. The topological polar surface area (TPSA) is 97.6 Å². The molecule has 1 aromatic carbocycles. The first-order valence-electron chi connectivity index (χ1n) is 11.4. The molecule has 3 heterocycles. The minimum atomic E-state index is -0.661. The van der Waals surface area contributed by atoms with Gasteiger partial charge >= 0.3 is 5.69 Å². The first kappa shape index (κ1) is 21.4. The summed E-state index contributed by atoms with van der Waals surface area (Å²) in [5, 5.41) is 5.76. The molecular weight excluding hydrogens is 410 g/mol. The molecule has 0 bridgehead atoms. The third-order valence-electron chi connectivity index (χ3n) is 7.49. The summed E-state index contributed by atoms with van der Waals surface area (Å²) in [6.07, 6.45) is 2.40. The summed E-state index contributed by atoms with van der Waals surface area (Å²) in [5.74, 6) is -0.390. The molecular formula is C23H31N5O4. The van der Waals surface area contributed by atoms with Crippen molar-refractivity contribution in [3.8, 4) is 0 Å².